The maximum atomic E-state index is 14.0. The Morgan fingerprint density at radius 1 is 1.47 bits per heavy atom. The maximum Gasteiger partial charge on any atom is 0.173 e. The van der Waals surface area contributed by atoms with E-state index in [1.54, 1.807) is 12.3 Å². The minimum atomic E-state index is -1.65. The second-order valence-corrected chi connectivity index (χ2v) is 4.67. The normalized spacial score (nSPS) is 31.2. The van der Waals surface area contributed by atoms with Crippen LogP contribution < -0.4 is 0 Å². The molecular weight excluding hydrogens is 277 g/mol. The van der Waals surface area contributed by atoms with Crippen LogP contribution in [0.5, 0.6) is 0 Å². The van der Waals surface area contributed by atoms with Gasteiger partial charge in [0.2, 0.25) is 0 Å². The van der Waals surface area contributed by atoms with Crippen LogP contribution >= 0.6 is 11.6 Å². The molecule has 19 heavy (non-hydrogen) atoms. The number of halogens is 2. The van der Waals surface area contributed by atoms with Gasteiger partial charge in [0.1, 0.15) is 29.3 Å². The molecule has 0 bridgehead atoms. The molecule has 2 aromatic rings. The Hall–Kier alpha value is -1.28. The predicted molar refractivity (Wildman–Crippen MR) is 64.4 cm³/mol. The first-order valence-electron chi connectivity index (χ1n) is 5.69. The van der Waals surface area contributed by atoms with Crippen molar-refractivity contribution >= 4 is 22.6 Å². The quantitative estimate of drug-likeness (QED) is 0.794. The van der Waals surface area contributed by atoms with Crippen LogP contribution in [0.2, 0.25) is 5.15 Å². The van der Waals surface area contributed by atoms with Gasteiger partial charge in [-0.1, -0.05) is 11.6 Å². The van der Waals surface area contributed by atoms with Crippen molar-refractivity contribution < 1.29 is 19.3 Å². The van der Waals surface area contributed by atoms with Crippen molar-refractivity contribution in [2.24, 2.45) is 0 Å². The third-order valence-corrected chi connectivity index (χ3v) is 3.51. The molecule has 1 fully saturated rings. The number of alkyl halides is 1. The van der Waals surface area contributed by atoms with Crippen LogP contribution in [0.1, 0.15) is 6.23 Å². The molecule has 1 saturated heterocycles. The number of nitrogens with zero attached hydrogens (tertiary/aromatic N) is 3. The smallest absolute Gasteiger partial charge is 0.173 e. The molecule has 0 spiro atoms. The lowest BCUT2D eigenvalue weighted by atomic mass is 10.1. The summed E-state index contributed by atoms with van der Waals surface area (Å²) in [5.41, 5.74) is 0.415. The maximum absolute atomic E-state index is 14.0. The average Bonchev–Trinajstić information content (AvgIpc) is 2.94. The zero-order chi connectivity index (χ0) is 13.6. The fraction of sp³-hybridized carbons (Fsp3) is 0.455. The molecule has 4 atom stereocenters. The van der Waals surface area contributed by atoms with Gasteiger partial charge in [0.25, 0.3) is 0 Å². The number of rotatable bonds is 2. The Bertz CT molecular complexity index is 608. The van der Waals surface area contributed by atoms with Gasteiger partial charge in [-0.15, -0.1) is 0 Å². The van der Waals surface area contributed by atoms with Crippen molar-refractivity contribution in [3.63, 3.8) is 0 Å². The standard InChI is InChI=1S/C11H11ClFN3O3/c12-9-5-1-2-16(10(5)15-4-14-9)11-7(13)8(18)6(3-17)19-11/h1-2,4,6-8,11,17-18H,3H2/t6-,7+,8-,11?/m1/s1. The first kappa shape index (κ1) is 12.7. The number of aromatic nitrogens is 3. The molecule has 3 heterocycles. The third-order valence-electron chi connectivity index (χ3n) is 3.21. The summed E-state index contributed by atoms with van der Waals surface area (Å²) in [6.45, 7) is -0.451. The van der Waals surface area contributed by atoms with E-state index in [-0.39, 0.29) is 5.15 Å². The van der Waals surface area contributed by atoms with E-state index in [1.807, 2.05) is 0 Å². The third kappa shape index (κ3) is 1.90. The molecular formula is C11H11ClFN3O3. The van der Waals surface area contributed by atoms with E-state index in [2.05, 4.69) is 9.97 Å². The fourth-order valence-corrected chi connectivity index (χ4v) is 2.41. The van der Waals surface area contributed by atoms with E-state index in [4.69, 9.17) is 21.4 Å². The largest absolute Gasteiger partial charge is 0.394 e. The van der Waals surface area contributed by atoms with Crippen molar-refractivity contribution in [2.45, 2.75) is 24.6 Å². The summed E-state index contributed by atoms with van der Waals surface area (Å²) in [4.78, 5) is 7.86. The summed E-state index contributed by atoms with van der Waals surface area (Å²) in [6.07, 6.45) is -2.19. The summed E-state index contributed by atoms with van der Waals surface area (Å²) in [6, 6.07) is 1.65. The van der Waals surface area contributed by atoms with E-state index in [1.165, 1.54) is 10.9 Å². The van der Waals surface area contributed by atoms with E-state index in [0.717, 1.165) is 0 Å². The number of hydrogen-bond donors (Lipinski definition) is 2. The Morgan fingerprint density at radius 2 is 2.26 bits per heavy atom. The Labute approximate surface area is 112 Å². The number of ether oxygens (including phenoxy) is 1. The van der Waals surface area contributed by atoms with Crippen LogP contribution in [0.3, 0.4) is 0 Å². The molecule has 1 unspecified atom stereocenters. The molecule has 2 aromatic heterocycles. The summed E-state index contributed by atoms with van der Waals surface area (Å²) in [5, 5.41) is 19.5. The van der Waals surface area contributed by atoms with Gasteiger partial charge in [0, 0.05) is 6.20 Å². The number of aliphatic hydroxyl groups is 2. The number of fused-ring (bicyclic) bond motifs is 1. The van der Waals surface area contributed by atoms with Crippen molar-refractivity contribution in [1.82, 2.24) is 14.5 Å². The highest BCUT2D eigenvalue weighted by atomic mass is 35.5. The molecule has 102 valence electrons. The van der Waals surface area contributed by atoms with Crippen LogP contribution in [0.25, 0.3) is 11.0 Å². The highest BCUT2D eigenvalue weighted by molar-refractivity contribution is 6.33. The van der Waals surface area contributed by atoms with Crippen molar-refractivity contribution in [1.29, 1.82) is 0 Å². The molecule has 0 amide bonds. The lowest BCUT2D eigenvalue weighted by Gasteiger charge is -2.15. The lowest BCUT2D eigenvalue weighted by molar-refractivity contribution is -0.0457. The van der Waals surface area contributed by atoms with E-state index in [0.29, 0.717) is 11.0 Å². The lowest BCUT2D eigenvalue weighted by Crippen LogP contribution is -2.30. The van der Waals surface area contributed by atoms with Crippen LogP contribution in [0.15, 0.2) is 18.6 Å². The number of hydrogen-bond acceptors (Lipinski definition) is 5. The summed E-state index contributed by atoms with van der Waals surface area (Å²) in [7, 11) is 0. The zero-order valence-electron chi connectivity index (χ0n) is 9.65. The predicted octanol–water partition coefficient (Wildman–Crippen LogP) is 0.673. The van der Waals surface area contributed by atoms with E-state index >= 15 is 0 Å². The van der Waals surface area contributed by atoms with Crippen molar-refractivity contribution in [3.8, 4) is 0 Å². The molecule has 2 N–H and O–H groups in total. The van der Waals surface area contributed by atoms with Crippen LogP contribution in [0.4, 0.5) is 4.39 Å². The molecule has 0 saturated carbocycles. The fourth-order valence-electron chi connectivity index (χ4n) is 2.22. The molecule has 0 radical (unpaired) electrons. The van der Waals surface area contributed by atoms with Gasteiger partial charge in [-0.3, -0.25) is 0 Å². The van der Waals surface area contributed by atoms with Crippen molar-refractivity contribution in [3.05, 3.63) is 23.7 Å². The molecule has 6 nitrogen and oxygen atoms in total. The molecule has 3 rings (SSSR count). The Morgan fingerprint density at radius 3 is 2.95 bits per heavy atom. The van der Waals surface area contributed by atoms with Gasteiger partial charge in [-0.2, -0.15) is 0 Å². The summed E-state index contributed by atoms with van der Waals surface area (Å²) < 4.78 is 20.8. The minimum Gasteiger partial charge on any atom is -0.394 e. The number of aliphatic hydroxyl groups excluding tert-OH is 2. The van der Waals surface area contributed by atoms with Crippen LogP contribution in [0, 0.1) is 0 Å². The van der Waals surface area contributed by atoms with Gasteiger partial charge < -0.3 is 19.5 Å². The van der Waals surface area contributed by atoms with Crippen molar-refractivity contribution in [2.75, 3.05) is 6.61 Å². The Kier molecular flexibility index (Phi) is 3.14. The first-order chi connectivity index (χ1) is 9.13. The van der Waals surface area contributed by atoms with Gasteiger partial charge in [-0.25, -0.2) is 14.4 Å². The van der Waals surface area contributed by atoms with Gasteiger partial charge in [0.15, 0.2) is 12.4 Å². The van der Waals surface area contributed by atoms with E-state index in [9.17, 15) is 9.50 Å². The SMILES string of the molecule is OC[C@H]1OC(n2ccc3c(Cl)ncnc32)[C@@H](F)[C@@H]1O. The molecule has 0 aromatic carbocycles. The Balaban J connectivity index is 2.04. The van der Waals surface area contributed by atoms with E-state index < -0.39 is 31.2 Å². The zero-order valence-corrected chi connectivity index (χ0v) is 10.4. The second-order valence-electron chi connectivity index (χ2n) is 4.31. The highest BCUT2D eigenvalue weighted by Gasteiger charge is 2.45. The topological polar surface area (TPSA) is 80.4 Å². The average molecular weight is 288 g/mol. The van der Waals surface area contributed by atoms with Crippen LogP contribution in [-0.2, 0) is 4.74 Å². The van der Waals surface area contributed by atoms with Gasteiger partial charge in [-0.05, 0) is 6.07 Å². The van der Waals surface area contributed by atoms with Gasteiger partial charge >= 0.3 is 0 Å². The highest BCUT2D eigenvalue weighted by Crippen LogP contribution is 2.34. The summed E-state index contributed by atoms with van der Waals surface area (Å²) >= 11 is 5.91. The molecule has 0 aliphatic carbocycles. The molecule has 1 aliphatic rings. The summed E-state index contributed by atoms with van der Waals surface area (Å²) in [5.74, 6) is 0. The second kappa shape index (κ2) is 4.68. The van der Waals surface area contributed by atoms with Gasteiger partial charge in [0.05, 0.1) is 12.0 Å². The molecule has 8 heteroatoms. The molecule has 1 aliphatic heterocycles. The van der Waals surface area contributed by atoms with Crippen LogP contribution in [-0.4, -0.2) is 49.7 Å². The first-order valence-corrected chi connectivity index (χ1v) is 6.06. The minimum absolute atomic E-state index is 0.261. The monoisotopic (exact) mass is 287 g/mol.